The van der Waals surface area contributed by atoms with Crippen LogP contribution >= 0.6 is 15.9 Å². The predicted octanol–water partition coefficient (Wildman–Crippen LogP) is 4.68. The van der Waals surface area contributed by atoms with Crippen LogP contribution < -0.4 is 5.32 Å². The number of nitrogens with one attached hydrogen (secondary N) is 1. The second-order valence-corrected chi connectivity index (χ2v) is 5.94. The van der Waals surface area contributed by atoms with Crippen molar-refractivity contribution in [2.75, 3.05) is 7.05 Å². The van der Waals surface area contributed by atoms with E-state index < -0.39 is 0 Å². The lowest BCUT2D eigenvalue weighted by molar-refractivity contribution is 0.686. The smallest absolute Gasteiger partial charge is 0.0577 e. The minimum atomic E-state index is 0.242. The zero-order chi connectivity index (χ0) is 14.0. The number of benzene rings is 2. The maximum Gasteiger partial charge on any atom is 0.0577 e. The summed E-state index contributed by atoms with van der Waals surface area (Å²) >= 11 is 3.56. The number of aryl methyl sites for hydroxylation is 3. The molecule has 19 heavy (non-hydrogen) atoms. The molecule has 2 aromatic carbocycles. The van der Waals surface area contributed by atoms with Gasteiger partial charge in [0.2, 0.25) is 0 Å². The first-order chi connectivity index (χ1) is 9.02. The van der Waals surface area contributed by atoms with E-state index in [-0.39, 0.29) is 6.04 Å². The normalized spacial score (nSPS) is 12.5. The van der Waals surface area contributed by atoms with E-state index in [2.05, 4.69) is 78.4 Å². The highest BCUT2D eigenvalue weighted by molar-refractivity contribution is 9.10. The summed E-state index contributed by atoms with van der Waals surface area (Å²) in [6, 6.07) is 13.4. The first kappa shape index (κ1) is 14.3. The van der Waals surface area contributed by atoms with E-state index in [9.17, 15) is 0 Å². The third-order valence-electron chi connectivity index (χ3n) is 3.55. The molecule has 0 fully saturated rings. The molecule has 1 N–H and O–H groups in total. The van der Waals surface area contributed by atoms with Crippen molar-refractivity contribution in [3.63, 3.8) is 0 Å². The Morgan fingerprint density at radius 1 is 0.947 bits per heavy atom. The number of hydrogen-bond acceptors (Lipinski definition) is 1. The Hall–Kier alpha value is -1.12. The van der Waals surface area contributed by atoms with Crippen LogP contribution in [0, 0.1) is 20.8 Å². The van der Waals surface area contributed by atoms with Crippen LogP contribution in [0.15, 0.2) is 40.9 Å². The van der Waals surface area contributed by atoms with Crippen LogP contribution in [0.2, 0.25) is 0 Å². The fourth-order valence-electron chi connectivity index (χ4n) is 2.42. The molecule has 2 heteroatoms. The Bertz CT molecular complexity index is 590. The van der Waals surface area contributed by atoms with Gasteiger partial charge in [0.1, 0.15) is 0 Å². The Morgan fingerprint density at radius 2 is 1.68 bits per heavy atom. The van der Waals surface area contributed by atoms with Gasteiger partial charge in [-0.25, -0.2) is 0 Å². The van der Waals surface area contributed by atoms with E-state index in [1.165, 1.54) is 27.8 Å². The molecule has 0 aliphatic carbocycles. The number of rotatable bonds is 3. The van der Waals surface area contributed by atoms with Gasteiger partial charge in [0.05, 0.1) is 6.04 Å². The summed E-state index contributed by atoms with van der Waals surface area (Å²) in [4.78, 5) is 0. The van der Waals surface area contributed by atoms with Crippen LogP contribution in [0.3, 0.4) is 0 Å². The average molecular weight is 318 g/mol. The quantitative estimate of drug-likeness (QED) is 0.866. The molecule has 0 saturated heterocycles. The minimum Gasteiger partial charge on any atom is -0.309 e. The van der Waals surface area contributed by atoms with Crippen LogP contribution in [-0.2, 0) is 0 Å². The highest BCUT2D eigenvalue weighted by atomic mass is 79.9. The van der Waals surface area contributed by atoms with Crippen molar-refractivity contribution in [3.8, 4) is 0 Å². The van der Waals surface area contributed by atoms with E-state index in [1.807, 2.05) is 7.05 Å². The van der Waals surface area contributed by atoms with E-state index >= 15 is 0 Å². The minimum absolute atomic E-state index is 0.242. The maximum atomic E-state index is 3.56. The summed E-state index contributed by atoms with van der Waals surface area (Å²) in [6.07, 6.45) is 0. The van der Waals surface area contributed by atoms with Crippen molar-refractivity contribution in [2.24, 2.45) is 0 Å². The van der Waals surface area contributed by atoms with Gasteiger partial charge >= 0.3 is 0 Å². The molecule has 1 atom stereocenters. The molecule has 0 bridgehead atoms. The SMILES string of the molecule is CNC(c1ccc(Br)c(C)c1)c1cc(C)ccc1C. The van der Waals surface area contributed by atoms with Gasteiger partial charge in [-0.2, -0.15) is 0 Å². The molecule has 0 radical (unpaired) electrons. The molecule has 1 nitrogen and oxygen atoms in total. The number of hydrogen-bond donors (Lipinski definition) is 1. The largest absolute Gasteiger partial charge is 0.309 e. The molecule has 0 saturated carbocycles. The fourth-order valence-corrected chi connectivity index (χ4v) is 2.67. The van der Waals surface area contributed by atoms with Crippen molar-refractivity contribution in [1.29, 1.82) is 0 Å². The average Bonchev–Trinajstić information content (AvgIpc) is 2.38. The predicted molar refractivity (Wildman–Crippen MR) is 85.7 cm³/mol. The van der Waals surface area contributed by atoms with Gasteiger partial charge in [-0.3, -0.25) is 0 Å². The monoisotopic (exact) mass is 317 g/mol. The first-order valence-corrected chi connectivity index (χ1v) is 7.32. The maximum absolute atomic E-state index is 3.56. The Kier molecular flexibility index (Phi) is 4.43. The Labute approximate surface area is 124 Å². The molecule has 1 unspecified atom stereocenters. The molecular formula is C17H20BrN. The molecular weight excluding hydrogens is 298 g/mol. The molecule has 2 rings (SSSR count). The van der Waals surface area contributed by atoms with E-state index in [4.69, 9.17) is 0 Å². The van der Waals surface area contributed by atoms with Crippen LogP contribution in [0.4, 0.5) is 0 Å². The van der Waals surface area contributed by atoms with Gasteiger partial charge in [-0.05, 0) is 56.1 Å². The summed E-state index contributed by atoms with van der Waals surface area (Å²) in [5.41, 5.74) is 6.55. The van der Waals surface area contributed by atoms with Gasteiger partial charge < -0.3 is 5.32 Å². The van der Waals surface area contributed by atoms with Crippen molar-refractivity contribution in [2.45, 2.75) is 26.8 Å². The number of halogens is 1. The lowest BCUT2D eigenvalue weighted by Gasteiger charge is -2.21. The van der Waals surface area contributed by atoms with Gasteiger partial charge in [-0.15, -0.1) is 0 Å². The molecule has 0 spiro atoms. The van der Waals surface area contributed by atoms with Crippen molar-refractivity contribution in [3.05, 3.63) is 68.7 Å². The van der Waals surface area contributed by atoms with E-state index in [1.54, 1.807) is 0 Å². The Morgan fingerprint density at radius 3 is 2.32 bits per heavy atom. The van der Waals surface area contributed by atoms with Crippen LogP contribution in [0.25, 0.3) is 0 Å². The van der Waals surface area contributed by atoms with Gasteiger partial charge in [0.25, 0.3) is 0 Å². The fraction of sp³-hybridized carbons (Fsp3) is 0.294. The third-order valence-corrected chi connectivity index (χ3v) is 4.44. The highest BCUT2D eigenvalue weighted by Gasteiger charge is 2.15. The summed E-state index contributed by atoms with van der Waals surface area (Å²) in [5.74, 6) is 0. The molecule has 2 aromatic rings. The van der Waals surface area contributed by atoms with Crippen molar-refractivity contribution >= 4 is 15.9 Å². The summed E-state index contributed by atoms with van der Waals surface area (Å²) in [7, 11) is 2.02. The molecule has 100 valence electrons. The summed E-state index contributed by atoms with van der Waals surface area (Å²) < 4.78 is 1.16. The topological polar surface area (TPSA) is 12.0 Å². The van der Waals surface area contributed by atoms with Crippen LogP contribution in [-0.4, -0.2) is 7.05 Å². The zero-order valence-electron chi connectivity index (χ0n) is 11.9. The van der Waals surface area contributed by atoms with E-state index in [0.29, 0.717) is 0 Å². The molecule has 0 amide bonds. The Balaban J connectivity index is 2.49. The van der Waals surface area contributed by atoms with E-state index in [0.717, 1.165) is 4.47 Å². The summed E-state index contributed by atoms with van der Waals surface area (Å²) in [5, 5.41) is 3.43. The standard InChI is InChI=1S/C17H20BrN/c1-11-5-6-12(2)15(9-11)17(19-4)14-7-8-16(18)13(3)10-14/h5-10,17,19H,1-4H3. The second kappa shape index (κ2) is 5.89. The second-order valence-electron chi connectivity index (χ2n) is 5.09. The molecule has 0 aromatic heterocycles. The van der Waals surface area contributed by atoms with Gasteiger partial charge in [0.15, 0.2) is 0 Å². The highest BCUT2D eigenvalue weighted by Crippen LogP contribution is 2.28. The molecule has 0 aliphatic rings. The van der Waals surface area contributed by atoms with Crippen molar-refractivity contribution < 1.29 is 0 Å². The van der Waals surface area contributed by atoms with Gasteiger partial charge in [-0.1, -0.05) is 51.8 Å². The summed E-state index contributed by atoms with van der Waals surface area (Å²) in [6.45, 7) is 6.44. The molecule has 0 aliphatic heterocycles. The van der Waals surface area contributed by atoms with Gasteiger partial charge in [0, 0.05) is 4.47 Å². The van der Waals surface area contributed by atoms with Crippen LogP contribution in [0.1, 0.15) is 33.9 Å². The third kappa shape index (κ3) is 3.07. The lowest BCUT2D eigenvalue weighted by Crippen LogP contribution is -2.19. The zero-order valence-corrected chi connectivity index (χ0v) is 13.5. The first-order valence-electron chi connectivity index (χ1n) is 6.53. The van der Waals surface area contributed by atoms with Crippen LogP contribution in [0.5, 0.6) is 0 Å². The lowest BCUT2D eigenvalue weighted by atomic mass is 9.93. The van der Waals surface area contributed by atoms with Crippen molar-refractivity contribution in [1.82, 2.24) is 5.32 Å². The molecule has 0 heterocycles.